The fourth-order valence-corrected chi connectivity index (χ4v) is 3.20. The first kappa shape index (κ1) is 20.1. The van der Waals surface area contributed by atoms with Gasteiger partial charge in [-0.2, -0.15) is 0 Å². The minimum atomic E-state index is -0.354. The lowest BCUT2D eigenvalue weighted by atomic mass is 10.2. The van der Waals surface area contributed by atoms with Gasteiger partial charge in [-0.15, -0.1) is 23.7 Å². The minimum Gasteiger partial charge on any atom is -0.347 e. The molecule has 0 aliphatic carbocycles. The van der Waals surface area contributed by atoms with Crippen molar-refractivity contribution in [3.05, 3.63) is 40.9 Å². The van der Waals surface area contributed by atoms with Crippen molar-refractivity contribution in [2.75, 3.05) is 13.1 Å². The lowest BCUT2D eigenvalue weighted by molar-refractivity contribution is -0.125. The maximum atomic E-state index is 11.9. The van der Waals surface area contributed by atoms with Crippen molar-refractivity contribution in [1.29, 1.82) is 0 Å². The van der Waals surface area contributed by atoms with E-state index in [1.807, 2.05) is 44.2 Å². The predicted molar refractivity (Wildman–Crippen MR) is 98.2 cm³/mol. The number of carbonyl (C=O) groups excluding carboxylic acids is 2. The quantitative estimate of drug-likeness (QED) is 0.724. The Labute approximate surface area is 151 Å². The molecular weight excluding hydrogens is 348 g/mol. The van der Waals surface area contributed by atoms with Gasteiger partial charge in [0.1, 0.15) is 5.01 Å². The molecule has 0 fully saturated rings. The second-order valence-electron chi connectivity index (χ2n) is 5.10. The van der Waals surface area contributed by atoms with Crippen LogP contribution in [0.4, 0.5) is 0 Å². The van der Waals surface area contributed by atoms with Crippen LogP contribution in [-0.4, -0.2) is 29.9 Å². The highest BCUT2D eigenvalue weighted by molar-refractivity contribution is 7.15. The highest BCUT2D eigenvalue weighted by atomic mass is 35.5. The Morgan fingerprint density at radius 2 is 1.92 bits per heavy atom. The molecule has 8 heteroatoms. The first-order valence-corrected chi connectivity index (χ1v) is 8.11. The summed E-state index contributed by atoms with van der Waals surface area (Å²) in [6.45, 7) is 3.62. The number of rotatable bonds is 6. The Balaban J connectivity index is 0.00000288. The molecule has 1 heterocycles. The zero-order valence-electron chi connectivity index (χ0n) is 13.5. The number of benzene rings is 1. The van der Waals surface area contributed by atoms with Crippen LogP contribution in [0, 0.1) is 6.92 Å². The van der Waals surface area contributed by atoms with Gasteiger partial charge in [0.05, 0.1) is 29.7 Å². The molecular formula is C16H21ClN4O2S. The third-order valence-electron chi connectivity index (χ3n) is 3.26. The van der Waals surface area contributed by atoms with Gasteiger partial charge in [0.2, 0.25) is 11.8 Å². The molecule has 1 unspecified atom stereocenters. The molecule has 2 aromatic rings. The summed E-state index contributed by atoms with van der Waals surface area (Å²) < 4.78 is 0. The van der Waals surface area contributed by atoms with Gasteiger partial charge in [-0.05, 0) is 13.8 Å². The van der Waals surface area contributed by atoms with Crippen LogP contribution < -0.4 is 16.4 Å². The maximum Gasteiger partial charge on any atom is 0.239 e. The first-order chi connectivity index (χ1) is 11.0. The molecule has 0 saturated carbocycles. The van der Waals surface area contributed by atoms with Crippen molar-refractivity contribution in [3.63, 3.8) is 0 Å². The molecule has 0 saturated heterocycles. The molecule has 2 rings (SSSR count). The average Bonchev–Trinajstić information content (AvgIpc) is 2.95. The van der Waals surface area contributed by atoms with E-state index in [0.717, 1.165) is 21.1 Å². The van der Waals surface area contributed by atoms with Crippen molar-refractivity contribution < 1.29 is 9.59 Å². The summed E-state index contributed by atoms with van der Waals surface area (Å²) in [5.41, 5.74) is 7.13. The number of nitrogens with zero attached hydrogens (tertiary/aromatic N) is 1. The van der Waals surface area contributed by atoms with Gasteiger partial charge in [0.25, 0.3) is 0 Å². The van der Waals surface area contributed by atoms with Gasteiger partial charge >= 0.3 is 0 Å². The molecule has 0 bridgehead atoms. The van der Waals surface area contributed by atoms with Gasteiger partial charge in [0, 0.05) is 5.56 Å². The normalized spacial score (nSPS) is 11.3. The Morgan fingerprint density at radius 1 is 1.25 bits per heavy atom. The predicted octanol–water partition coefficient (Wildman–Crippen LogP) is 1.79. The van der Waals surface area contributed by atoms with Gasteiger partial charge in [-0.25, -0.2) is 4.98 Å². The Morgan fingerprint density at radius 3 is 2.54 bits per heavy atom. The van der Waals surface area contributed by atoms with Gasteiger partial charge in [-0.1, -0.05) is 30.3 Å². The lowest BCUT2D eigenvalue weighted by Gasteiger charge is -2.13. The third kappa shape index (κ3) is 5.30. The summed E-state index contributed by atoms with van der Waals surface area (Å²) in [5.74, 6) is -0.610. The van der Waals surface area contributed by atoms with Crippen molar-refractivity contribution in [2.24, 2.45) is 5.73 Å². The van der Waals surface area contributed by atoms with Crippen molar-refractivity contribution in [2.45, 2.75) is 19.9 Å². The number of nitrogens with two attached hydrogens (primary N) is 1. The number of aryl methyl sites for hydroxylation is 1. The number of hydrogen-bond acceptors (Lipinski definition) is 5. The van der Waals surface area contributed by atoms with E-state index in [-0.39, 0.29) is 43.4 Å². The van der Waals surface area contributed by atoms with Gasteiger partial charge in [0.15, 0.2) is 0 Å². The monoisotopic (exact) mass is 368 g/mol. The van der Waals surface area contributed by atoms with Crippen LogP contribution in [0.3, 0.4) is 0 Å². The van der Waals surface area contributed by atoms with E-state index in [1.165, 1.54) is 0 Å². The maximum absolute atomic E-state index is 11.9. The van der Waals surface area contributed by atoms with Gasteiger partial charge in [-0.3, -0.25) is 9.59 Å². The molecule has 24 heavy (non-hydrogen) atoms. The molecule has 6 nitrogen and oxygen atoms in total. The lowest BCUT2D eigenvalue weighted by Crippen LogP contribution is -2.40. The molecule has 0 spiro atoms. The van der Waals surface area contributed by atoms with E-state index >= 15 is 0 Å². The minimum absolute atomic E-state index is 0. The fraction of sp³-hybridized carbons (Fsp3) is 0.312. The van der Waals surface area contributed by atoms with Crippen molar-refractivity contribution in [3.8, 4) is 10.6 Å². The number of aromatic nitrogens is 1. The number of halogens is 1. The number of thiazole rings is 1. The SMILES string of the molecule is Cc1nc(-c2ccccc2)sc1C(C)NC(=O)CNC(=O)CN.Cl. The third-order valence-corrected chi connectivity index (χ3v) is 4.64. The first-order valence-electron chi connectivity index (χ1n) is 7.30. The average molecular weight is 369 g/mol. The summed E-state index contributed by atoms with van der Waals surface area (Å²) in [5, 5.41) is 6.23. The second-order valence-corrected chi connectivity index (χ2v) is 6.14. The highest BCUT2D eigenvalue weighted by Gasteiger charge is 2.17. The van der Waals surface area contributed by atoms with E-state index in [0.29, 0.717) is 0 Å². The van der Waals surface area contributed by atoms with Gasteiger partial charge < -0.3 is 16.4 Å². The van der Waals surface area contributed by atoms with Crippen LogP contribution in [0.5, 0.6) is 0 Å². The van der Waals surface area contributed by atoms with Crippen LogP contribution in [-0.2, 0) is 9.59 Å². The molecule has 0 radical (unpaired) electrons. The Hall–Kier alpha value is -1.96. The van der Waals surface area contributed by atoms with Crippen LogP contribution in [0.1, 0.15) is 23.5 Å². The summed E-state index contributed by atoms with van der Waals surface area (Å²) >= 11 is 1.56. The molecule has 0 aliphatic rings. The van der Waals surface area contributed by atoms with E-state index < -0.39 is 0 Å². The molecule has 0 aliphatic heterocycles. The molecule has 2 amide bonds. The Bertz CT molecular complexity index is 691. The van der Waals surface area contributed by atoms with Crippen LogP contribution >= 0.6 is 23.7 Å². The standard InChI is InChI=1S/C16H20N4O2S.ClH/c1-10(19-14(22)9-18-13(21)8-17)15-11(2)20-16(23-15)12-6-4-3-5-7-12;/h3-7,10H,8-9,17H2,1-2H3,(H,18,21)(H,19,22);1H. The van der Waals surface area contributed by atoms with Crippen molar-refractivity contribution >= 4 is 35.6 Å². The summed E-state index contributed by atoms with van der Waals surface area (Å²) in [6.07, 6.45) is 0. The van der Waals surface area contributed by atoms with Crippen LogP contribution in [0.15, 0.2) is 30.3 Å². The number of nitrogens with one attached hydrogen (secondary N) is 2. The molecule has 130 valence electrons. The van der Waals surface area contributed by atoms with Crippen LogP contribution in [0.2, 0.25) is 0 Å². The second kappa shape index (κ2) is 9.36. The molecule has 1 aromatic carbocycles. The molecule has 1 aromatic heterocycles. The smallest absolute Gasteiger partial charge is 0.239 e. The zero-order valence-corrected chi connectivity index (χ0v) is 15.2. The van der Waals surface area contributed by atoms with E-state index in [1.54, 1.807) is 11.3 Å². The van der Waals surface area contributed by atoms with Crippen LogP contribution in [0.25, 0.3) is 10.6 Å². The summed E-state index contributed by atoms with van der Waals surface area (Å²) in [7, 11) is 0. The van der Waals surface area contributed by atoms with Crippen molar-refractivity contribution in [1.82, 2.24) is 15.6 Å². The Kier molecular flexibility index (Phi) is 7.84. The number of carbonyl (C=O) groups is 2. The number of amides is 2. The number of hydrogen-bond donors (Lipinski definition) is 3. The summed E-state index contributed by atoms with van der Waals surface area (Å²) in [6, 6.07) is 9.74. The van der Waals surface area contributed by atoms with E-state index in [9.17, 15) is 9.59 Å². The summed E-state index contributed by atoms with van der Waals surface area (Å²) in [4.78, 5) is 28.5. The molecule has 4 N–H and O–H groups in total. The highest BCUT2D eigenvalue weighted by Crippen LogP contribution is 2.31. The molecule has 1 atom stereocenters. The fourth-order valence-electron chi connectivity index (χ4n) is 2.12. The zero-order chi connectivity index (χ0) is 16.8. The largest absolute Gasteiger partial charge is 0.347 e. The van der Waals surface area contributed by atoms with E-state index in [4.69, 9.17) is 5.73 Å². The van der Waals surface area contributed by atoms with E-state index in [2.05, 4.69) is 15.6 Å². The topological polar surface area (TPSA) is 97.1 Å².